The summed E-state index contributed by atoms with van der Waals surface area (Å²) in [5.41, 5.74) is 1.43. The Balaban J connectivity index is 1.46. The highest BCUT2D eigenvalue weighted by molar-refractivity contribution is 7.88. The first kappa shape index (κ1) is 33.2. The summed E-state index contributed by atoms with van der Waals surface area (Å²) in [4.78, 5) is 16.8. The standard InChI is InChI=1S/C31H37F4N5O3S/c1-39(2)30(19-22-7-5-4-6-8-22)13-15-40(16-14-30)28-17-25(31(33,34)35)11-9-24(28)20-36-29(41)38-26-12-10-23(27(32)18-26)21-37-44(3,42)43/h4-12,17-18,37H,13-16,19-21H2,1-3H3,(H2,36,38,41). The van der Waals surface area contributed by atoms with Crippen molar-refractivity contribution in [3.63, 3.8) is 0 Å². The largest absolute Gasteiger partial charge is 0.416 e. The highest BCUT2D eigenvalue weighted by Crippen LogP contribution is 2.37. The molecule has 2 amide bonds. The summed E-state index contributed by atoms with van der Waals surface area (Å²) in [6, 6.07) is 16.8. The van der Waals surface area contributed by atoms with Crippen LogP contribution in [0.1, 0.15) is 35.1 Å². The average Bonchev–Trinajstić information content (AvgIpc) is 2.95. The van der Waals surface area contributed by atoms with Crippen LogP contribution in [-0.4, -0.2) is 58.3 Å². The van der Waals surface area contributed by atoms with E-state index in [0.29, 0.717) is 24.3 Å². The summed E-state index contributed by atoms with van der Waals surface area (Å²) in [6.45, 7) is 0.764. The van der Waals surface area contributed by atoms with E-state index in [1.54, 1.807) is 0 Å². The number of nitrogens with zero attached hydrogens (tertiary/aromatic N) is 2. The van der Waals surface area contributed by atoms with Crippen molar-refractivity contribution in [2.75, 3.05) is 43.7 Å². The van der Waals surface area contributed by atoms with Gasteiger partial charge in [0.15, 0.2) is 0 Å². The first-order chi connectivity index (χ1) is 20.6. The van der Waals surface area contributed by atoms with E-state index >= 15 is 0 Å². The van der Waals surface area contributed by atoms with Crippen LogP contribution in [0.5, 0.6) is 0 Å². The van der Waals surface area contributed by atoms with Crippen molar-refractivity contribution in [3.05, 3.63) is 94.8 Å². The molecule has 1 aliphatic heterocycles. The van der Waals surface area contributed by atoms with Gasteiger partial charge in [-0.25, -0.2) is 22.3 Å². The number of sulfonamides is 1. The summed E-state index contributed by atoms with van der Waals surface area (Å²) in [7, 11) is 0.549. The maximum Gasteiger partial charge on any atom is 0.416 e. The van der Waals surface area contributed by atoms with E-state index in [2.05, 4.69) is 32.4 Å². The van der Waals surface area contributed by atoms with Crippen molar-refractivity contribution >= 4 is 27.4 Å². The number of nitrogens with one attached hydrogen (secondary N) is 3. The average molecular weight is 636 g/mol. The number of urea groups is 1. The number of carbonyl (C=O) groups is 1. The molecule has 0 radical (unpaired) electrons. The molecule has 3 N–H and O–H groups in total. The maximum absolute atomic E-state index is 14.4. The number of piperidine rings is 1. The number of halogens is 4. The highest BCUT2D eigenvalue weighted by atomic mass is 32.2. The lowest BCUT2D eigenvalue weighted by molar-refractivity contribution is -0.137. The molecule has 8 nitrogen and oxygen atoms in total. The van der Waals surface area contributed by atoms with Gasteiger partial charge in [-0.1, -0.05) is 42.5 Å². The Kier molecular flexibility index (Phi) is 10.2. The van der Waals surface area contributed by atoms with Gasteiger partial charge in [0.05, 0.1) is 11.8 Å². The highest BCUT2D eigenvalue weighted by Gasteiger charge is 2.38. The fourth-order valence-corrected chi connectivity index (χ4v) is 5.85. The predicted molar refractivity (Wildman–Crippen MR) is 163 cm³/mol. The third-order valence-electron chi connectivity index (χ3n) is 8.05. The van der Waals surface area contributed by atoms with Gasteiger partial charge in [0.2, 0.25) is 10.0 Å². The fraction of sp³-hybridized carbons (Fsp3) is 0.387. The summed E-state index contributed by atoms with van der Waals surface area (Å²) in [5, 5.41) is 5.16. The van der Waals surface area contributed by atoms with Crippen molar-refractivity contribution in [3.8, 4) is 0 Å². The molecule has 1 saturated heterocycles. The lowest BCUT2D eigenvalue weighted by Gasteiger charge is -2.47. The van der Waals surface area contributed by atoms with E-state index in [-0.39, 0.29) is 29.9 Å². The first-order valence-electron chi connectivity index (χ1n) is 14.1. The summed E-state index contributed by atoms with van der Waals surface area (Å²) >= 11 is 0. The number of likely N-dealkylation sites (N-methyl/N-ethyl adjacent to an activating group) is 1. The lowest BCUT2D eigenvalue weighted by Crippen LogP contribution is -2.54. The Morgan fingerprint density at radius 1 is 0.955 bits per heavy atom. The third-order valence-corrected chi connectivity index (χ3v) is 8.72. The van der Waals surface area contributed by atoms with Gasteiger partial charge in [-0.15, -0.1) is 0 Å². The topological polar surface area (TPSA) is 93.8 Å². The smallest absolute Gasteiger partial charge is 0.371 e. The van der Waals surface area contributed by atoms with Gasteiger partial charge in [0.1, 0.15) is 5.82 Å². The lowest BCUT2D eigenvalue weighted by atomic mass is 9.80. The van der Waals surface area contributed by atoms with Gasteiger partial charge < -0.3 is 20.4 Å². The molecule has 0 spiro atoms. The van der Waals surface area contributed by atoms with Gasteiger partial charge in [0, 0.05) is 48.7 Å². The van der Waals surface area contributed by atoms with E-state index in [1.807, 2.05) is 37.2 Å². The number of benzene rings is 3. The molecule has 3 aromatic rings. The van der Waals surface area contributed by atoms with Crippen molar-refractivity contribution in [2.24, 2.45) is 0 Å². The molecule has 4 rings (SSSR count). The predicted octanol–water partition coefficient (Wildman–Crippen LogP) is 5.36. The Morgan fingerprint density at radius 3 is 2.20 bits per heavy atom. The maximum atomic E-state index is 14.4. The van der Waals surface area contributed by atoms with E-state index < -0.39 is 33.6 Å². The Bertz CT molecular complexity index is 1560. The van der Waals surface area contributed by atoms with E-state index in [9.17, 15) is 30.8 Å². The number of hydrogen-bond acceptors (Lipinski definition) is 5. The zero-order chi connectivity index (χ0) is 32.1. The van der Waals surface area contributed by atoms with Crippen LogP contribution in [-0.2, 0) is 35.7 Å². The van der Waals surface area contributed by atoms with Gasteiger partial charge >= 0.3 is 12.2 Å². The van der Waals surface area contributed by atoms with Crippen LogP contribution in [0.15, 0.2) is 66.7 Å². The molecule has 238 valence electrons. The van der Waals surface area contributed by atoms with Gasteiger partial charge in [-0.3, -0.25) is 0 Å². The van der Waals surface area contributed by atoms with Crippen molar-refractivity contribution in [2.45, 2.75) is 44.1 Å². The van der Waals surface area contributed by atoms with E-state index in [4.69, 9.17) is 0 Å². The van der Waals surface area contributed by atoms with Crippen molar-refractivity contribution < 1.29 is 30.8 Å². The summed E-state index contributed by atoms with van der Waals surface area (Å²) in [6.07, 6.45) is -1.27. The Hall–Kier alpha value is -3.68. The molecule has 0 bridgehead atoms. The second kappa shape index (κ2) is 13.5. The van der Waals surface area contributed by atoms with Crippen LogP contribution in [0.25, 0.3) is 0 Å². The fourth-order valence-electron chi connectivity index (χ4n) is 5.43. The molecule has 3 aromatic carbocycles. The SMILES string of the molecule is CN(C)C1(Cc2ccccc2)CCN(c2cc(C(F)(F)F)ccc2CNC(=O)Nc2ccc(CNS(C)(=O)=O)c(F)c2)CC1. The molecule has 0 atom stereocenters. The molecular formula is C31H37F4N5O3S. The molecule has 0 saturated carbocycles. The minimum absolute atomic E-state index is 0.0580. The normalized spacial score (nSPS) is 15.3. The molecular weight excluding hydrogens is 598 g/mol. The quantitative estimate of drug-likeness (QED) is 0.261. The van der Waals surface area contributed by atoms with Gasteiger partial charge in [0.25, 0.3) is 0 Å². The van der Waals surface area contributed by atoms with Crippen LogP contribution >= 0.6 is 0 Å². The molecule has 44 heavy (non-hydrogen) atoms. The second-order valence-electron chi connectivity index (χ2n) is 11.3. The first-order valence-corrected chi connectivity index (χ1v) is 16.0. The van der Waals surface area contributed by atoms with Crippen LogP contribution in [0.2, 0.25) is 0 Å². The number of anilines is 2. The molecule has 0 aliphatic carbocycles. The second-order valence-corrected chi connectivity index (χ2v) is 13.1. The minimum Gasteiger partial charge on any atom is -0.371 e. The number of hydrogen-bond donors (Lipinski definition) is 3. The van der Waals surface area contributed by atoms with E-state index in [0.717, 1.165) is 43.7 Å². The minimum atomic E-state index is -4.53. The molecule has 13 heteroatoms. The molecule has 1 fully saturated rings. The molecule has 1 heterocycles. The van der Waals surface area contributed by atoms with E-state index in [1.165, 1.54) is 23.8 Å². The molecule has 1 aliphatic rings. The zero-order valence-corrected chi connectivity index (χ0v) is 25.7. The van der Waals surface area contributed by atoms with Crippen molar-refractivity contribution in [1.82, 2.24) is 14.9 Å². The Morgan fingerprint density at radius 2 is 1.61 bits per heavy atom. The van der Waals surface area contributed by atoms with Crippen molar-refractivity contribution in [1.29, 1.82) is 0 Å². The third kappa shape index (κ3) is 8.70. The summed E-state index contributed by atoms with van der Waals surface area (Å²) in [5.74, 6) is -0.713. The van der Waals surface area contributed by atoms with Gasteiger partial charge in [-0.05, 0) is 68.8 Å². The molecule has 0 aromatic heterocycles. The van der Waals surface area contributed by atoms with Crippen LogP contribution in [0.3, 0.4) is 0 Å². The number of amides is 2. The van der Waals surface area contributed by atoms with Crippen LogP contribution < -0.4 is 20.3 Å². The number of carbonyl (C=O) groups excluding carboxylic acids is 1. The zero-order valence-electron chi connectivity index (χ0n) is 24.8. The van der Waals surface area contributed by atoms with Gasteiger partial charge in [-0.2, -0.15) is 13.2 Å². The van der Waals surface area contributed by atoms with Crippen LogP contribution in [0.4, 0.5) is 33.7 Å². The Labute approximate surface area is 255 Å². The van der Waals surface area contributed by atoms with Crippen LogP contribution in [0, 0.1) is 5.82 Å². The number of alkyl halides is 3. The molecule has 0 unspecified atom stereocenters. The number of rotatable bonds is 10. The monoisotopic (exact) mass is 635 g/mol. The summed E-state index contributed by atoms with van der Waals surface area (Å²) < 4.78 is 80.3.